The standard InChI is InChI=1S/C9H9F3O4/c1-2-8(6-14-7(13)16-8)15-5-3-4-9(10,11)12/h2,5-6H2,1H3. The first-order valence-corrected chi connectivity index (χ1v) is 4.43. The molecule has 1 aliphatic rings. The Hall–Kier alpha value is -1.42. The van der Waals surface area contributed by atoms with E-state index in [9.17, 15) is 18.0 Å². The SMILES string of the molecule is CCC1(OCC#CC(F)(F)F)COC(=O)O1. The summed E-state index contributed by atoms with van der Waals surface area (Å²) in [6, 6.07) is 0. The Morgan fingerprint density at radius 1 is 1.56 bits per heavy atom. The normalized spacial score (nSPS) is 24.4. The van der Waals surface area contributed by atoms with Crippen LogP contribution in [0.5, 0.6) is 0 Å². The molecule has 0 bridgehead atoms. The molecule has 0 amide bonds. The van der Waals surface area contributed by atoms with Gasteiger partial charge >= 0.3 is 12.3 Å². The van der Waals surface area contributed by atoms with Crippen LogP contribution in [0.3, 0.4) is 0 Å². The van der Waals surface area contributed by atoms with Crippen molar-refractivity contribution in [2.24, 2.45) is 0 Å². The Balaban J connectivity index is 2.46. The zero-order valence-corrected chi connectivity index (χ0v) is 8.39. The molecule has 0 aromatic rings. The van der Waals surface area contributed by atoms with Crippen LogP contribution in [-0.4, -0.2) is 31.3 Å². The fourth-order valence-corrected chi connectivity index (χ4v) is 1.03. The number of carbonyl (C=O) groups is 1. The maximum Gasteiger partial charge on any atom is 0.511 e. The van der Waals surface area contributed by atoms with E-state index in [0.29, 0.717) is 0 Å². The highest BCUT2D eigenvalue weighted by Crippen LogP contribution is 2.25. The first-order valence-electron chi connectivity index (χ1n) is 4.43. The Labute approximate surface area is 89.7 Å². The quantitative estimate of drug-likeness (QED) is 0.556. The van der Waals surface area contributed by atoms with Gasteiger partial charge in [-0.25, -0.2) is 4.79 Å². The summed E-state index contributed by atoms with van der Waals surface area (Å²) in [7, 11) is 0. The molecule has 0 aromatic heterocycles. The molecule has 90 valence electrons. The van der Waals surface area contributed by atoms with Gasteiger partial charge in [0.15, 0.2) is 6.61 Å². The van der Waals surface area contributed by atoms with Crippen LogP contribution in [0.4, 0.5) is 18.0 Å². The molecule has 7 heteroatoms. The third kappa shape index (κ3) is 3.62. The Morgan fingerprint density at radius 2 is 2.25 bits per heavy atom. The molecule has 0 N–H and O–H groups in total. The summed E-state index contributed by atoms with van der Waals surface area (Å²) >= 11 is 0. The predicted octanol–water partition coefficient (Wildman–Crippen LogP) is 1.84. The highest BCUT2D eigenvalue weighted by molar-refractivity contribution is 5.62. The molecule has 4 nitrogen and oxygen atoms in total. The van der Waals surface area contributed by atoms with E-state index < -0.39 is 24.7 Å². The van der Waals surface area contributed by atoms with E-state index in [1.165, 1.54) is 0 Å². The lowest BCUT2D eigenvalue weighted by molar-refractivity contribution is -0.172. The largest absolute Gasteiger partial charge is 0.511 e. The lowest BCUT2D eigenvalue weighted by Gasteiger charge is -2.21. The Kier molecular flexibility index (Phi) is 3.65. The molecule has 1 aliphatic heterocycles. The zero-order valence-electron chi connectivity index (χ0n) is 8.39. The van der Waals surface area contributed by atoms with Crippen molar-refractivity contribution in [2.45, 2.75) is 25.3 Å². The van der Waals surface area contributed by atoms with Gasteiger partial charge in [0.05, 0.1) is 0 Å². The van der Waals surface area contributed by atoms with Crippen LogP contribution >= 0.6 is 0 Å². The van der Waals surface area contributed by atoms with E-state index in [-0.39, 0.29) is 13.0 Å². The number of halogens is 3. The minimum Gasteiger partial charge on any atom is -0.427 e. The average molecular weight is 238 g/mol. The van der Waals surface area contributed by atoms with Gasteiger partial charge in [-0.15, -0.1) is 0 Å². The van der Waals surface area contributed by atoms with Crippen molar-refractivity contribution in [3.63, 3.8) is 0 Å². The number of carbonyl (C=O) groups excluding carboxylic acids is 1. The van der Waals surface area contributed by atoms with Gasteiger partial charge in [-0.05, 0) is 0 Å². The topological polar surface area (TPSA) is 44.8 Å². The first kappa shape index (κ1) is 12.6. The minimum atomic E-state index is -4.55. The second-order valence-electron chi connectivity index (χ2n) is 2.99. The predicted molar refractivity (Wildman–Crippen MR) is 45.2 cm³/mol. The van der Waals surface area contributed by atoms with E-state index >= 15 is 0 Å². The monoisotopic (exact) mass is 238 g/mol. The summed E-state index contributed by atoms with van der Waals surface area (Å²) in [5, 5.41) is 0. The fourth-order valence-electron chi connectivity index (χ4n) is 1.03. The number of cyclic esters (lactones) is 2. The molecule has 1 rings (SSSR count). The summed E-state index contributed by atoms with van der Waals surface area (Å²) in [6.45, 7) is 1.03. The molecule has 0 saturated carbocycles. The number of rotatable bonds is 3. The molecule has 1 heterocycles. The van der Waals surface area contributed by atoms with Crippen LogP contribution in [-0.2, 0) is 14.2 Å². The van der Waals surface area contributed by atoms with Gasteiger partial charge in [0.1, 0.15) is 6.61 Å². The maximum absolute atomic E-state index is 11.7. The molecule has 0 aliphatic carbocycles. The van der Waals surface area contributed by atoms with E-state index in [1.807, 2.05) is 0 Å². The van der Waals surface area contributed by atoms with Crippen molar-refractivity contribution in [1.29, 1.82) is 0 Å². The third-order valence-corrected chi connectivity index (χ3v) is 1.86. The number of hydrogen-bond acceptors (Lipinski definition) is 4. The van der Waals surface area contributed by atoms with Gasteiger partial charge in [0.25, 0.3) is 5.79 Å². The molecular weight excluding hydrogens is 229 g/mol. The number of hydrogen-bond donors (Lipinski definition) is 0. The summed E-state index contributed by atoms with van der Waals surface area (Å²) in [5.41, 5.74) is 0. The van der Waals surface area contributed by atoms with Crippen LogP contribution in [0.2, 0.25) is 0 Å². The van der Waals surface area contributed by atoms with Crippen LogP contribution in [0.25, 0.3) is 0 Å². The molecule has 1 saturated heterocycles. The van der Waals surface area contributed by atoms with E-state index in [1.54, 1.807) is 12.8 Å². The van der Waals surface area contributed by atoms with Crippen LogP contribution in [0.1, 0.15) is 13.3 Å². The van der Waals surface area contributed by atoms with Crippen molar-refractivity contribution >= 4 is 6.16 Å². The van der Waals surface area contributed by atoms with Crippen LogP contribution < -0.4 is 0 Å². The molecular formula is C9H9F3O4. The van der Waals surface area contributed by atoms with Crippen molar-refractivity contribution < 1.29 is 32.2 Å². The smallest absolute Gasteiger partial charge is 0.427 e. The van der Waals surface area contributed by atoms with Crippen molar-refractivity contribution in [3.05, 3.63) is 0 Å². The Bertz CT molecular complexity index is 328. The summed E-state index contributed by atoms with van der Waals surface area (Å²) in [4.78, 5) is 10.7. The highest BCUT2D eigenvalue weighted by atomic mass is 19.4. The molecule has 1 fully saturated rings. The fraction of sp³-hybridized carbons (Fsp3) is 0.667. The maximum atomic E-state index is 11.7. The van der Waals surface area contributed by atoms with E-state index in [2.05, 4.69) is 4.74 Å². The molecule has 16 heavy (non-hydrogen) atoms. The second kappa shape index (κ2) is 4.61. The van der Waals surface area contributed by atoms with E-state index in [4.69, 9.17) is 9.47 Å². The van der Waals surface area contributed by atoms with Gasteiger partial charge in [0.2, 0.25) is 0 Å². The lowest BCUT2D eigenvalue weighted by Crippen LogP contribution is -2.34. The lowest BCUT2D eigenvalue weighted by atomic mass is 10.2. The highest BCUT2D eigenvalue weighted by Gasteiger charge is 2.42. The third-order valence-electron chi connectivity index (χ3n) is 1.86. The molecule has 0 radical (unpaired) electrons. The molecule has 0 aromatic carbocycles. The summed E-state index contributed by atoms with van der Waals surface area (Å²) in [6.07, 6.45) is -5.18. The van der Waals surface area contributed by atoms with Crippen molar-refractivity contribution in [1.82, 2.24) is 0 Å². The van der Waals surface area contributed by atoms with Gasteiger partial charge in [-0.3, -0.25) is 0 Å². The van der Waals surface area contributed by atoms with Gasteiger partial charge in [0, 0.05) is 12.3 Å². The van der Waals surface area contributed by atoms with E-state index in [0.717, 1.165) is 5.92 Å². The van der Waals surface area contributed by atoms with Gasteiger partial charge < -0.3 is 14.2 Å². The summed E-state index contributed by atoms with van der Waals surface area (Å²) < 4.78 is 49.1. The zero-order chi connectivity index (χ0) is 12.2. The Morgan fingerprint density at radius 3 is 2.69 bits per heavy atom. The van der Waals surface area contributed by atoms with Crippen molar-refractivity contribution in [2.75, 3.05) is 13.2 Å². The number of ether oxygens (including phenoxy) is 3. The molecule has 1 atom stereocenters. The van der Waals surface area contributed by atoms with Gasteiger partial charge in [-0.1, -0.05) is 12.8 Å². The van der Waals surface area contributed by atoms with Crippen LogP contribution in [0, 0.1) is 11.8 Å². The average Bonchev–Trinajstić information content (AvgIpc) is 2.55. The summed E-state index contributed by atoms with van der Waals surface area (Å²) in [5.74, 6) is 1.52. The number of alkyl halides is 3. The molecule has 1 unspecified atom stereocenters. The first-order chi connectivity index (χ1) is 7.37. The molecule has 0 spiro atoms. The van der Waals surface area contributed by atoms with Gasteiger partial charge in [-0.2, -0.15) is 13.2 Å². The minimum absolute atomic E-state index is 0.143. The van der Waals surface area contributed by atoms with Crippen molar-refractivity contribution in [3.8, 4) is 11.8 Å². The second-order valence-corrected chi connectivity index (χ2v) is 2.99. The van der Waals surface area contributed by atoms with Crippen LogP contribution in [0.15, 0.2) is 0 Å².